The Hall–Kier alpha value is -2.58. The topological polar surface area (TPSA) is 141 Å². The van der Waals surface area contributed by atoms with E-state index in [2.05, 4.69) is 25.6 Å². The number of carbonyl (C=O) groups is 1. The van der Waals surface area contributed by atoms with Gasteiger partial charge in [-0.05, 0) is 20.8 Å². The number of nitrogen functional groups attached to an aromatic ring is 1. The number of rotatable bonds is 4. The Morgan fingerprint density at radius 2 is 2.14 bits per heavy atom. The Bertz CT molecular complexity index is 511. The third-order valence-electron chi connectivity index (χ3n) is 2.09. The van der Waals surface area contributed by atoms with Crippen LogP contribution in [0.4, 0.5) is 16.3 Å². The van der Waals surface area contributed by atoms with Crippen LogP contribution in [0.15, 0.2) is 17.5 Å². The number of guanidine groups is 1. The summed E-state index contributed by atoms with van der Waals surface area (Å²) in [6.45, 7) is 6.19. The first-order valence-corrected chi connectivity index (χ1v) is 6.38. The van der Waals surface area contributed by atoms with Gasteiger partial charge in [-0.25, -0.2) is 14.8 Å². The third kappa shape index (κ3) is 6.95. The first kappa shape index (κ1) is 16.5. The fourth-order valence-corrected chi connectivity index (χ4v) is 1.29. The van der Waals surface area contributed by atoms with Crippen molar-refractivity contribution >= 4 is 23.6 Å². The van der Waals surface area contributed by atoms with Crippen molar-refractivity contribution < 1.29 is 9.53 Å². The van der Waals surface area contributed by atoms with Crippen molar-refractivity contribution in [2.75, 3.05) is 24.1 Å². The summed E-state index contributed by atoms with van der Waals surface area (Å²) in [5.74, 6) is 0.351. The van der Waals surface area contributed by atoms with E-state index in [0.717, 1.165) is 0 Å². The summed E-state index contributed by atoms with van der Waals surface area (Å²) >= 11 is 0. The minimum Gasteiger partial charge on any atom is -0.442 e. The van der Waals surface area contributed by atoms with Gasteiger partial charge in [-0.2, -0.15) is 0 Å². The number of amides is 1. The molecule has 1 amide bonds. The van der Waals surface area contributed by atoms with E-state index in [1.807, 2.05) is 0 Å². The van der Waals surface area contributed by atoms with Gasteiger partial charge in [0.15, 0.2) is 5.96 Å². The molecule has 0 saturated carbocycles. The Kier molecular flexibility index (Phi) is 5.70. The number of carbonyl (C=O) groups excluding carboxylic acids is 1. The van der Waals surface area contributed by atoms with Gasteiger partial charge in [0, 0.05) is 13.1 Å². The average Bonchev–Trinajstić information content (AvgIpc) is 2.34. The first-order valence-electron chi connectivity index (χ1n) is 6.38. The molecule has 0 fully saturated rings. The van der Waals surface area contributed by atoms with Crippen molar-refractivity contribution in [3.63, 3.8) is 0 Å². The summed E-state index contributed by atoms with van der Waals surface area (Å²) in [5, 5.41) is 5.79. The van der Waals surface area contributed by atoms with Crippen molar-refractivity contribution in [3.05, 3.63) is 12.5 Å². The number of anilines is 2. The van der Waals surface area contributed by atoms with Crippen LogP contribution in [-0.2, 0) is 4.74 Å². The van der Waals surface area contributed by atoms with E-state index in [1.54, 1.807) is 27.0 Å². The lowest BCUT2D eigenvalue weighted by atomic mass is 10.2. The van der Waals surface area contributed by atoms with Crippen LogP contribution in [0.25, 0.3) is 0 Å². The molecular formula is C12H21N7O2. The second-order valence-corrected chi connectivity index (χ2v) is 5.15. The molecule has 9 heteroatoms. The van der Waals surface area contributed by atoms with E-state index < -0.39 is 11.7 Å². The lowest BCUT2D eigenvalue weighted by Gasteiger charge is -2.17. The van der Waals surface area contributed by atoms with Gasteiger partial charge >= 0.3 is 6.09 Å². The Morgan fingerprint density at radius 3 is 2.76 bits per heavy atom. The highest BCUT2D eigenvalue weighted by atomic mass is 16.6. The monoisotopic (exact) mass is 295 g/mol. The van der Waals surface area contributed by atoms with Crippen molar-refractivity contribution in [3.8, 4) is 0 Å². The van der Waals surface area contributed by atoms with Gasteiger partial charge in [-0.15, -0.1) is 4.99 Å². The summed E-state index contributed by atoms with van der Waals surface area (Å²) in [7, 11) is 0. The van der Waals surface area contributed by atoms with Crippen molar-refractivity contribution in [2.24, 2.45) is 10.7 Å². The van der Waals surface area contributed by atoms with Crippen LogP contribution >= 0.6 is 0 Å². The van der Waals surface area contributed by atoms with Gasteiger partial charge in [0.05, 0.1) is 11.9 Å². The van der Waals surface area contributed by atoms with E-state index in [1.165, 1.54) is 6.33 Å². The number of aliphatic imine (C=N–C) groups is 1. The average molecular weight is 295 g/mol. The molecule has 1 aromatic heterocycles. The highest BCUT2D eigenvalue weighted by molar-refractivity contribution is 5.89. The fraction of sp³-hybridized carbons (Fsp3) is 0.500. The maximum absolute atomic E-state index is 11.4. The summed E-state index contributed by atoms with van der Waals surface area (Å²) in [6.07, 6.45) is 2.20. The molecule has 1 aromatic rings. The molecular weight excluding hydrogens is 274 g/mol. The summed E-state index contributed by atoms with van der Waals surface area (Å²) in [6, 6.07) is 0. The smallest absolute Gasteiger partial charge is 0.437 e. The number of ether oxygens (including phenoxy) is 1. The van der Waals surface area contributed by atoms with Gasteiger partial charge < -0.3 is 26.8 Å². The van der Waals surface area contributed by atoms with E-state index in [-0.39, 0.29) is 5.96 Å². The van der Waals surface area contributed by atoms with Crippen molar-refractivity contribution in [1.82, 2.24) is 15.3 Å². The van der Waals surface area contributed by atoms with Crippen molar-refractivity contribution in [1.29, 1.82) is 0 Å². The molecule has 1 rings (SSSR count). The molecule has 21 heavy (non-hydrogen) atoms. The predicted molar refractivity (Wildman–Crippen MR) is 80.8 cm³/mol. The van der Waals surface area contributed by atoms with Crippen LogP contribution in [0.5, 0.6) is 0 Å². The number of nitrogens with one attached hydrogen (secondary N) is 2. The molecule has 0 spiro atoms. The second kappa shape index (κ2) is 7.27. The molecule has 116 valence electrons. The summed E-state index contributed by atoms with van der Waals surface area (Å²) in [4.78, 5) is 22.6. The number of hydrogen-bond acceptors (Lipinski definition) is 6. The molecule has 0 bridgehead atoms. The van der Waals surface area contributed by atoms with Gasteiger partial charge in [0.2, 0.25) is 0 Å². The van der Waals surface area contributed by atoms with Crippen LogP contribution < -0.4 is 22.1 Å². The molecule has 0 aliphatic heterocycles. The second-order valence-electron chi connectivity index (χ2n) is 5.15. The number of nitrogens with two attached hydrogens (primary N) is 2. The Balaban J connectivity index is 2.32. The van der Waals surface area contributed by atoms with Crippen molar-refractivity contribution in [2.45, 2.75) is 26.4 Å². The van der Waals surface area contributed by atoms with Crippen LogP contribution in [0.3, 0.4) is 0 Å². The molecule has 6 N–H and O–H groups in total. The molecule has 0 aliphatic rings. The van der Waals surface area contributed by atoms with Gasteiger partial charge in [0.25, 0.3) is 0 Å². The number of hydrogen-bond donors (Lipinski definition) is 4. The molecule has 1 heterocycles. The minimum atomic E-state index is -0.735. The van der Waals surface area contributed by atoms with Crippen LogP contribution in [0, 0.1) is 0 Å². The maximum Gasteiger partial charge on any atom is 0.437 e. The molecule has 0 aliphatic carbocycles. The molecule has 0 aromatic carbocycles. The third-order valence-corrected chi connectivity index (χ3v) is 2.09. The minimum absolute atomic E-state index is 0.0108. The van der Waals surface area contributed by atoms with Crippen LogP contribution in [-0.4, -0.2) is 40.7 Å². The lowest BCUT2D eigenvalue weighted by molar-refractivity contribution is 0.0603. The standard InChI is InChI=1S/C12H21N7O2/c1-12(2,3)21-11(20)19-10(14)17-5-4-16-8-6-15-7-18-9(8)13/h6-7,16H,4-5H2,1-3H3,(H2,13,15,18)(H3,14,17,19,20). The van der Waals surface area contributed by atoms with E-state index in [4.69, 9.17) is 16.2 Å². The molecule has 0 atom stereocenters. The number of nitrogens with zero attached hydrogens (tertiary/aromatic N) is 3. The highest BCUT2D eigenvalue weighted by Gasteiger charge is 2.15. The van der Waals surface area contributed by atoms with Gasteiger partial charge in [-0.1, -0.05) is 0 Å². The van der Waals surface area contributed by atoms with Crippen LogP contribution in [0.1, 0.15) is 20.8 Å². The maximum atomic E-state index is 11.4. The number of aromatic nitrogens is 2. The molecule has 0 unspecified atom stereocenters. The molecule has 0 saturated heterocycles. The van der Waals surface area contributed by atoms with E-state index in [9.17, 15) is 4.79 Å². The largest absolute Gasteiger partial charge is 0.442 e. The summed E-state index contributed by atoms with van der Waals surface area (Å²) in [5.41, 5.74) is 11.2. The van der Waals surface area contributed by atoms with Gasteiger partial charge in [-0.3, -0.25) is 0 Å². The molecule has 9 nitrogen and oxygen atoms in total. The Labute approximate surface area is 123 Å². The predicted octanol–water partition coefficient (Wildman–Crippen LogP) is 0.310. The van der Waals surface area contributed by atoms with E-state index >= 15 is 0 Å². The normalized spacial score (nSPS) is 11.9. The zero-order valence-corrected chi connectivity index (χ0v) is 12.4. The van der Waals surface area contributed by atoms with E-state index in [0.29, 0.717) is 24.6 Å². The Morgan fingerprint density at radius 1 is 1.43 bits per heavy atom. The first-order chi connectivity index (χ1) is 9.78. The quantitative estimate of drug-likeness (QED) is 0.353. The molecule has 0 radical (unpaired) electrons. The zero-order chi connectivity index (χ0) is 15.9. The van der Waals surface area contributed by atoms with Gasteiger partial charge in [0.1, 0.15) is 17.7 Å². The van der Waals surface area contributed by atoms with Crippen LogP contribution in [0.2, 0.25) is 0 Å². The highest BCUT2D eigenvalue weighted by Crippen LogP contribution is 2.10. The lowest BCUT2D eigenvalue weighted by Crippen LogP contribution is -2.36. The SMILES string of the molecule is CC(C)(C)OC(=O)/N=C(\N)NCCNc1cncnc1N. The fourth-order valence-electron chi connectivity index (χ4n) is 1.29. The zero-order valence-electron chi connectivity index (χ0n) is 12.4. The summed E-state index contributed by atoms with van der Waals surface area (Å²) < 4.78 is 5.00.